The predicted molar refractivity (Wildman–Crippen MR) is 80.8 cm³/mol. The number of aromatic nitrogens is 5. The van der Waals surface area contributed by atoms with E-state index in [1.54, 1.807) is 7.05 Å². The van der Waals surface area contributed by atoms with Gasteiger partial charge in [0.25, 0.3) is 0 Å². The van der Waals surface area contributed by atoms with Crippen molar-refractivity contribution in [2.45, 2.75) is 17.1 Å². The normalized spacial score (nSPS) is 11.1. The second-order valence-corrected chi connectivity index (χ2v) is 6.46. The number of nitrogens with zero attached hydrogens (tertiary/aromatic N) is 4. The maximum absolute atomic E-state index is 11.4. The quantitative estimate of drug-likeness (QED) is 0.521. The largest absolute Gasteiger partial charge is 0.368 e. The van der Waals surface area contributed by atoms with Crippen LogP contribution < -0.4 is 16.9 Å². The third-order valence-electron chi connectivity index (χ3n) is 2.63. The summed E-state index contributed by atoms with van der Waals surface area (Å²) in [5.41, 5.74) is 4.10. The predicted octanol–water partition coefficient (Wildman–Crippen LogP) is 0.515. The first-order chi connectivity index (χ1) is 9.94. The van der Waals surface area contributed by atoms with E-state index in [1.807, 2.05) is 13.0 Å². The lowest BCUT2D eigenvalue weighted by molar-refractivity contribution is 0.596. The van der Waals surface area contributed by atoms with Crippen molar-refractivity contribution in [3.8, 4) is 0 Å². The van der Waals surface area contributed by atoms with Gasteiger partial charge >= 0.3 is 11.1 Å². The Morgan fingerprint density at radius 2 is 2.10 bits per heavy atom. The first-order valence-corrected chi connectivity index (χ1v) is 7.46. The van der Waals surface area contributed by atoms with Crippen LogP contribution in [0.2, 0.25) is 0 Å². The van der Waals surface area contributed by atoms with Crippen molar-refractivity contribution in [2.75, 3.05) is 5.73 Å². The number of fused-ring (bicyclic) bond motifs is 1. The summed E-state index contributed by atoms with van der Waals surface area (Å²) in [5, 5.41) is 4.15. The molecule has 3 heterocycles. The fraction of sp³-hybridized carbons (Fsp3) is 0.182. The fourth-order valence-electron chi connectivity index (χ4n) is 1.75. The Morgan fingerprint density at radius 3 is 2.86 bits per heavy atom. The molecule has 0 saturated heterocycles. The first-order valence-electron chi connectivity index (χ1n) is 5.83. The molecule has 0 radical (unpaired) electrons. The van der Waals surface area contributed by atoms with Gasteiger partial charge in [0.05, 0.1) is 0 Å². The molecule has 0 aromatic carbocycles. The van der Waals surface area contributed by atoms with Crippen LogP contribution in [0, 0.1) is 6.92 Å². The van der Waals surface area contributed by atoms with Crippen LogP contribution in [0.3, 0.4) is 0 Å². The van der Waals surface area contributed by atoms with E-state index in [-0.39, 0.29) is 5.95 Å². The molecule has 3 N–H and O–H groups in total. The number of aryl methyl sites for hydroxylation is 2. The summed E-state index contributed by atoms with van der Waals surface area (Å²) in [4.78, 5) is 36.6. The average Bonchev–Trinajstić information content (AvgIpc) is 2.76. The number of aromatic amines is 1. The van der Waals surface area contributed by atoms with Gasteiger partial charge in [-0.15, -0.1) is 11.3 Å². The minimum Gasteiger partial charge on any atom is -0.368 e. The summed E-state index contributed by atoms with van der Waals surface area (Å²) >= 11 is 2.66. The van der Waals surface area contributed by atoms with Gasteiger partial charge in [-0.25, -0.2) is 9.97 Å². The van der Waals surface area contributed by atoms with Gasteiger partial charge in [-0.3, -0.25) is 19.4 Å². The SMILES string of the molecule is Cc1cc2c(Sc3nc(=O)c(=O)[nH]n3C)nc(N)nc2s1. The Hall–Kier alpha value is -2.20. The molecule has 0 aliphatic heterocycles. The molecular formula is C11H10N6O2S2. The van der Waals surface area contributed by atoms with Crippen molar-refractivity contribution in [2.24, 2.45) is 7.05 Å². The molecule has 0 aliphatic carbocycles. The van der Waals surface area contributed by atoms with Gasteiger partial charge < -0.3 is 5.73 Å². The maximum Gasteiger partial charge on any atom is 0.339 e. The summed E-state index contributed by atoms with van der Waals surface area (Å²) < 4.78 is 1.37. The fourth-order valence-corrected chi connectivity index (χ4v) is 3.59. The minimum absolute atomic E-state index is 0.154. The van der Waals surface area contributed by atoms with E-state index in [4.69, 9.17) is 5.73 Å². The van der Waals surface area contributed by atoms with Crippen molar-refractivity contribution in [1.29, 1.82) is 0 Å². The smallest absolute Gasteiger partial charge is 0.339 e. The second kappa shape index (κ2) is 4.97. The summed E-state index contributed by atoms with van der Waals surface area (Å²) in [6, 6.07) is 1.95. The number of hydrogen-bond donors (Lipinski definition) is 2. The number of nitrogens with two attached hydrogens (primary N) is 1. The number of anilines is 1. The number of hydrogen-bond acceptors (Lipinski definition) is 8. The van der Waals surface area contributed by atoms with Crippen LogP contribution in [0.5, 0.6) is 0 Å². The zero-order valence-electron chi connectivity index (χ0n) is 11.1. The van der Waals surface area contributed by atoms with Crippen LogP contribution in [-0.2, 0) is 7.05 Å². The molecular weight excluding hydrogens is 312 g/mol. The highest BCUT2D eigenvalue weighted by Gasteiger charge is 2.13. The van der Waals surface area contributed by atoms with Crippen LogP contribution in [0.15, 0.2) is 25.8 Å². The third kappa shape index (κ3) is 2.54. The highest BCUT2D eigenvalue weighted by atomic mass is 32.2. The lowest BCUT2D eigenvalue weighted by Crippen LogP contribution is -2.33. The van der Waals surface area contributed by atoms with Crippen LogP contribution in [0.25, 0.3) is 10.2 Å². The molecule has 0 fully saturated rings. The number of H-pyrrole nitrogens is 1. The number of rotatable bonds is 2. The van der Waals surface area contributed by atoms with Crippen LogP contribution in [-0.4, -0.2) is 24.7 Å². The van der Waals surface area contributed by atoms with Gasteiger partial charge in [-0.05, 0) is 24.8 Å². The Morgan fingerprint density at radius 1 is 1.33 bits per heavy atom. The van der Waals surface area contributed by atoms with Crippen molar-refractivity contribution < 1.29 is 0 Å². The van der Waals surface area contributed by atoms with E-state index in [9.17, 15) is 9.59 Å². The van der Waals surface area contributed by atoms with E-state index in [1.165, 1.54) is 16.0 Å². The maximum atomic E-state index is 11.4. The summed E-state index contributed by atoms with van der Waals surface area (Å²) in [6.45, 7) is 1.96. The Kier molecular flexibility index (Phi) is 3.26. The molecule has 0 amide bonds. The van der Waals surface area contributed by atoms with Gasteiger partial charge in [0.1, 0.15) is 9.86 Å². The molecule has 108 valence electrons. The third-order valence-corrected chi connectivity index (χ3v) is 4.63. The second-order valence-electron chi connectivity index (χ2n) is 4.26. The molecule has 3 aromatic heterocycles. The summed E-state index contributed by atoms with van der Waals surface area (Å²) in [5.74, 6) is 0.154. The molecule has 0 unspecified atom stereocenters. The Bertz CT molecular complexity index is 957. The highest BCUT2D eigenvalue weighted by molar-refractivity contribution is 7.99. The molecule has 0 saturated carbocycles. The summed E-state index contributed by atoms with van der Waals surface area (Å²) in [6.07, 6.45) is 0. The van der Waals surface area contributed by atoms with Gasteiger partial charge in [0.2, 0.25) is 5.95 Å². The molecule has 0 bridgehead atoms. The first kappa shape index (κ1) is 13.8. The monoisotopic (exact) mass is 322 g/mol. The van der Waals surface area contributed by atoms with Gasteiger partial charge in [0.15, 0.2) is 5.16 Å². The van der Waals surface area contributed by atoms with Gasteiger partial charge in [-0.1, -0.05) is 0 Å². The molecule has 0 spiro atoms. The standard InChI is InChI=1S/C11H10N6O2S2/c1-4-3-5-8(20-4)14-10(12)15-9(5)21-11-13-6(18)7(19)16-17(11)2/h3H,1-2H3,(H,16,19)(H2,12,14,15). The van der Waals surface area contributed by atoms with Crippen LogP contribution in [0.4, 0.5) is 5.95 Å². The Balaban J connectivity index is 2.16. The molecule has 10 heteroatoms. The lowest BCUT2D eigenvalue weighted by atomic mass is 10.4. The number of nitrogen functional groups attached to an aromatic ring is 1. The molecule has 21 heavy (non-hydrogen) atoms. The molecule has 0 aliphatic rings. The molecule has 3 rings (SSSR count). The minimum atomic E-state index is -0.838. The van der Waals surface area contributed by atoms with Crippen molar-refractivity contribution >= 4 is 39.3 Å². The zero-order chi connectivity index (χ0) is 15.1. The summed E-state index contributed by atoms with van der Waals surface area (Å²) in [7, 11) is 1.59. The number of nitrogens with one attached hydrogen (secondary N) is 1. The highest BCUT2D eigenvalue weighted by Crippen LogP contribution is 2.33. The molecule has 0 atom stereocenters. The van der Waals surface area contributed by atoms with Crippen molar-refractivity contribution in [3.63, 3.8) is 0 Å². The van der Waals surface area contributed by atoms with Crippen LogP contribution in [0.1, 0.15) is 4.88 Å². The van der Waals surface area contributed by atoms with E-state index >= 15 is 0 Å². The molecule has 3 aromatic rings. The number of thiophene rings is 1. The van der Waals surface area contributed by atoms with Crippen molar-refractivity contribution in [3.05, 3.63) is 31.7 Å². The van der Waals surface area contributed by atoms with Crippen molar-refractivity contribution in [1.82, 2.24) is 24.7 Å². The average molecular weight is 322 g/mol. The topological polar surface area (TPSA) is 120 Å². The lowest BCUT2D eigenvalue weighted by Gasteiger charge is -2.06. The van der Waals surface area contributed by atoms with E-state index in [0.717, 1.165) is 26.9 Å². The Labute approximate surface area is 126 Å². The molecule has 8 nitrogen and oxygen atoms in total. The van der Waals surface area contributed by atoms with E-state index in [2.05, 4.69) is 20.1 Å². The van der Waals surface area contributed by atoms with E-state index < -0.39 is 11.1 Å². The van der Waals surface area contributed by atoms with Gasteiger partial charge in [-0.2, -0.15) is 4.98 Å². The van der Waals surface area contributed by atoms with E-state index in [0.29, 0.717) is 10.2 Å². The van der Waals surface area contributed by atoms with Gasteiger partial charge in [0, 0.05) is 17.3 Å². The van der Waals surface area contributed by atoms with Crippen LogP contribution >= 0.6 is 23.1 Å². The zero-order valence-corrected chi connectivity index (χ0v) is 12.7.